The van der Waals surface area contributed by atoms with Gasteiger partial charge in [0.15, 0.2) is 6.07 Å². The molecule has 9 heavy (non-hydrogen) atoms. The average molecular weight is 177 g/mol. The summed E-state index contributed by atoms with van der Waals surface area (Å²) in [6.45, 7) is 1.91. The fourth-order valence-electron chi connectivity index (χ4n) is 0.337. The summed E-state index contributed by atoms with van der Waals surface area (Å²) < 4.78 is 4.41. The van der Waals surface area contributed by atoms with Crippen molar-refractivity contribution < 1.29 is 62.3 Å². The number of carbonyl (C=O) groups excluding carboxylic acids is 1. The van der Waals surface area contributed by atoms with E-state index in [9.17, 15) is 4.79 Å². The van der Waals surface area contributed by atoms with Gasteiger partial charge >= 0.3 is 57.4 Å². The molecule has 0 saturated heterocycles. The molecule has 4 heteroatoms. The first-order chi connectivity index (χ1) is 3.81. The molecule has 0 bridgehead atoms. The largest absolute Gasteiger partial charge is 1.00 e. The van der Waals surface area contributed by atoms with Crippen LogP contribution in [0.5, 0.6) is 0 Å². The molecule has 0 amide bonds. The minimum Gasteiger partial charge on any atom is -1.00 e. The van der Waals surface area contributed by atoms with Gasteiger partial charge in [0.2, 0.25) is 0 Å². The van der Waals surface area contributed by atoms with Gasteiger partial charge in [0, 0.05) is 6.42 Å². The van der Waals surface area contributed by atoms with E-state index < -0.39 is 0 Å². The third kappa shape index (κ3) is 9.40. The first-order valence-corrected chi connectivity index (χ1v) is 3.06. The maximum absolute atomic E-state index is 10.3. The SMILES string of the molecule is CCCC(=O)OCCl.[H-].[K+]. The third-order valence-electron chi connectivity index (χ3n) is 0.670. The molecule has 0 rings (SSSR count). The molecule has 0 aromatic carbocycles. The Bertz CT molecular complexity index is 74.0. The fraction of sp³-hybridized carbons (Fsp3) is 0.800. The number of hydrogen-bond donors (Lipinski definition) is 0. The number of rotatable bonds is 3. The molecule has 0 aliphatic carbocycles. The van der Waals surface area contributed by atoms with Gasteiger partial charge in [-0.3, -0.25) is 4.79 Å². The smallest absolute Gasteiger partial charge is 1.00 e. The number of halogens is 1. The zero-order valence-corrected chi connectivity index (χ0v) is 9.69. The van der Waals surface area contributed by atoms with Crippen molar-refractivity contribution in [2.24, 2.45) is 0 Å². The number of carbonyl (C=O) groups is 1. The van der Waals surface area contributed by atoms with Crippen molar-refractivity contribution in [3.63, 3.8) is 0 Å². The first-order valence-electron chi connectivity index (χ1n) is 2.52. The molecule has 0 aromatic rings. The van der Waals surface area contributed by atoms with Gasteiger partial charge in [-0.15, -0.1) is 0 Å². The summed E-state index contributed by atoms with van der Waals surface area (Å²) in [4.78, 5) is 10.3. The second-order valence-corrected chi connectivity index (χ2v) is 1.59. The van der Waals surface area contributed by atoms with Gasteiger partial charge in [0.05, 0.1) is 0 Å². The maximum atomic E-state index is 10.3. The Morgan fingerprint density at radius 3 is 2.67 bits per heavy atom. The molecule has 0 unspecified atom stereocenters. The summed E-state index contributed by atoms with van der Waals surface area (Å²) in [5.74, 6) is -0.220. The van der Waals surface area contributed by atoms with Crippen LogP contribution in [0, 0.1) is 0 Å². The van der Waals surface area contributed by atoms with Crippen LogP contribution < -0.4 is 51.4 Å². The van der Waals surface area contributed by atoms with Gasteiger partial charge in [0.1, 0.15) is 0 Å². The van der Waals surface area contributed by atoms with Crippen LogP contribution in [0.4, 0.5) is 0 Å². The fourth-order valence-corrected chi connectivity index (χ4v) is 0.459. The van der Waals surface area contributed by atoms with E-state index in [0.29, 0.717) is 6.42 Å². The Morgan fingerprint density at radius 2 is 2.33 bits per heavy atom. The molecule has 0 saturated carbocycles. The number of ether oxygens (including phenoxy) is 1. The molecule has 0 spiro atoms. The Hall–Kier alpha value is 1.40. The molecule has 50 valence electrons. The molecular weight excluding hydrogens is 167 g/mol. The van der Waals surface area contributed by atoms with Crippen LogP contribution in [0.2, 0.25) is 0 Å². The van der Waals surface area contributed by atoms with E-state index in [1.165, 1.54) is 0 Å². The van der Waals surface area contributed by atoms with E-state index in [1.807, 2.05) is 6.92 Å². The van der Waals surface area contributed by atoms with Gasteiger partial charge in [0.25, 0.3) is 0 Å². The van der Waals surface area contributed by atoms with Gasteiger partial charge in [-0.05, 0) is 6.42 Å². The van der Waals surface area contributed by atoms with Crippen LogP contribution >= 0.6 is 11.6 Å². The van der Waals surface area contributed by atoms with Crippen LogP contribution in [-0.2, 0) is 9.53 Å². The van der Waals surface area contributed by atoms with Crippen molar-refractivity contribution in [2.75, 3.05) is 6.07 Å². The Labute approximate surface area is 104 Å². The number of esters is 1. The molecule has 0 aliphatic rings. The van der Waals surface area contributed by atoms with Crippen molar-refractivity contribution in [1.29, 1.82) is 0 Å². The maximum Gasteiger partial charge on any atom is 1.00 e. The van der Waals surface area contributed by atoms with Crippen LogP contribution in [0.15, 0.2) is 0 Å². The minimum absolute atomic E-state index is 0. The topological polar surface area (TPSA) is 26.3 Å². The molecule has 0 aliphatic heterocycles. The quantitative estimate of drug-likeness (QED) is 0.302. The molecule has 0 N–H and O–H groups in total. The van der Waals surface area contributed by atoms with Crippen molar-refractivity contribution in [1.82, 2.24) is 0 Å². The second kappa shape index (κ2) is 9.40. The molecule has 0 radical (unpaired) electrons. The van der Waals surface area contributed by atoms with Gasteiger partial charge in [-0.25, -0.2) is 0 Å². The summed E-state index contributed by atoms with van der Waals surface area (Å²) in [6.07, 6.45) is 1.28. The van der Waals surface area contributed by atoms with Crippen molar-refractivity contribution >= 4 is 17.6 Å². The van der Waals surface area contributed by atoms with E-state index in [1.54, 1.807) is 0 Å². The zero-order chi connectivity index (χ0) is 6.41. The first kappa shape index (κ1) is 13.0. The van der Waals surface area contributed by atoms with E-state index in [2.05, 4.69) is 4.74 Å². The van der Waals surface area contributed by atoms with Crippen LogP contribution in [-0.4, -0.2) is 12.0 Å². The van der Waals surface area contributed by atoms with Gasteiger partial charge in [-0.1, -0.05) is 18.5 Å². The second-order valence-electron chi connectivity index (χ2n) is 1.38. The molecule has 0 heterocycles. The summed E-state index contributed by atoms with van der Waals surface area (Å²) in [6, 6.07) is -0.0289. The minimum atomic E-state index is -0.220. The van der Waals surface area contributed by atoms with E-state index >= 15 is 0 Å². The standard InChI is InChI=1S/C5H9ClO2.K.H/c1-2-3-5(7)8-4-6;;/h2-4H2,1H3;;/q;+1;-1. The van der Waals surface area contributed by atoms with Crippen LogP contribution in [0.3, 0.4) is 0 Å². The Balaban J connectivity index is -0.000000245. The third-order valence-corrected chi connectivity index (χ3v) is 0.779. The summed E-state index contributed by atoms with van der Waals surface area (Å²) in [5.41, 5.74) is 0. The van der Waals surface area contributed by atoms with Crippen molar-refractivity contribution in [2.45, 2.75) is 19.8 Å². The van der Waals surface area contributed by atoms with E-state index in [-0.39, 0.29) is 64.8 Å². The predicted molar refractivity (Wildman–Crippen MR) is 32.8 cm³/mol. The van der Waals surface area contributed by atoms with Crippen LogP contribution in [0.1, 0.15) is 21.2 Å². The number of alkyl halides is 1. The van der Waals surface area contributed by atoms with E-state index in [0.717, 1.165) is 6.42 Å². The monoisotopic (exact) mass is 176 g/mol. The van der Waals surface area contributed by atoms with E-state index in [4.69, 9.17) is 11.6 Å². The molecule has 0 fully saturated rings. The van der Waals surface area contributed by atoms with Gasteiger partial charge in [-0.2, -0.15) is 0 Å². The van der Waals surface area contributed by atoms with Crippen molar-refractivity contribution in [3.8, 4) is 0 Å². The average Bonchev–Trinajstić information content (AvgIpc) is 1.68. The molecule has 2 nitrogen and oxygen atoms in total. The molecule has 0 atom stereocenters. The zero-order valence-electron chi connectivity index (χ0n) is 6.82. The number of hydrogen-bond acceptors (Lipinski definition) is 2. The van der Waals surface area contributed by atoms with Crippen molar-refractivity contribution in [3.05, 3.63) is 0 Å². The Morgan fingerprint density at radius 1 is 1.78 bits per heavy atom. The van der Waals surface area contributed by atoms with Gasteiger partial charge < -0.3 is 6.16 Å². The Kier molecular flexibility index (Phi) is 13.6. The summed E-state index contributed by atoms with van der Waals surface area (Å²) in [5, 5.41) is 0. The molecule has 0 aromatic heterocycles. The normalized spacial score (nSPS) is 7.78. The summed E-state index contributed by atoms with van der Waals surface area (Å²) >= 11 is 5.09. The van der Waals surface area contributed by atoms with Crippen LogP contribution in [0.25, 0.3) is 0 Å². The molecular formula is C5H10ClKO2. The summed E-state index contributed by atoms with van der Waals surface area (Å²) in [7, 11) is 0. The predicted octanol–water partition coefficient (Wildman–Crippen LogP) is -1.36.